The number of aliphatic hydroxyl groups excluding tert-OH is 1. The van der Waals surface area contributed by atoms with Gasteiger partial charge in [-0.15, -0.1) is 0 Å². The summed E-state index contributed by atoms with van der Waals surface area (Å²) in [7, 11) is 1.49. The summed E-state index contributed by atoms with van der Waals surface area (Å²) in [5, 5.41) is 11.4. The fourth-order valence-corrected chi connectivity index (χ4v) is 1.37. The van der Waals surface area contributed by atoms with E-state index in [-0.39, 0.29) is 24.8 Å². The Morgan fingerprint density at radius 2 is 2.47 bits per heavy atom. The Morgan fingerprint density at radius 1 is 1.71 bits per heavy atom. The third kappa shape index (κ3) is 4.08. The second-order valence-electron chi connectivity index (χ2n) is 3.48. The van der Waals surface area contributed by atoms with Gasteiger partial charge in [-0.2, -0.15) is 4.39 Å². The summed E-state index contributed by atoms with van der Waals surface area (Å²) in [4.78, 5) is 15.1. The molecule has 0 bridgehead atoms. The van der Waals surface area contributed by atoms with Gasteiger partial charge in [0.15, 0.2) is 0 Å². The van der Waals surface area contributed by atoms with E-state index in [1.54, 1.807) is 0 Å². The highest BCUT2D eigenvalue weighted by atomic mass is 19.1. The molecule has 1 aromatic rings. The maximum absolute atomic E-state index is 13.2. The highest BCUT2D eigenvalue weighted by Gasteiger charge is 2.16. The van der Waals surface area contributed by atoms with Gasteiger partial charge in [0.2, 0.25) is 5.95 Å². The second kappa shape index (κ2) is 6.93. The fourth-order valence-electron chi connectivity index (χ4n) is 1.37. The van der Waals surface area contributed by atoms with Crippen LogP contribution in [0.3, 0.4) is 0 Å². The molecule has 0 saturated carbocycles. The van der Waals surface area contributed by atoms with Crippen LogP contribution in [0.2, 0.25) is 0 Å². The first-order chi connectivity index (χ1) is 8.19. The molecule has 0 fully saturated rings. The number of halogens is 1. The SMILES string of the molecule is COCC(CCO)NC(=O)c1cccnc1F. The molecule has 0 radical (unpaired) electrons. The molecule has 1 aromatic heterocycles. The maximum Gasteiger partial charge on any atom is 0.256 e. The number of rotatable bonds is 6. The van der Waals surface area contributed by atoms with E-state index in [4.69, 9.17) is 9.84 Å². The zero-order chi connectivity index (χ0) is 12.7. The van der Waals surface area contributed by atoms with Gasteiger partial charge in [-0.05, 0) is 18.6 Å². The first-order valence-electron chi connectivity index (χ1n) is 5.20. The van der Waals surface area contributed by atoms with Crippen LogP contribution < -0.4 is 5.32 Å². The number of methoxy groups -OCH3 is 1. The van der Waals surface area contributed by atoms with E-state index < -0.39 is 11.9 Å². The van der Waals surface area contributed by atoms with Gasteiger partial charge in [0.05, 0.1) is 18.2 Å². The molecule has 1 unspecified atom stereocenters. The van der Waals surface area contributed by atoms with E-state index >= 15 is 0 Å². The molecule has 1 atom stereocenters. The molecule has 6 heteroatoms. The molecule has 0 aliphatic rings. The average Bonchev–Trinajstić information content (AvgIpc) is 2.30. The van der Waals surface area contributed by atoms with Gasteiger partial charge < -0.3 is 15.2 Å². The van der Waals surface area contributed by atoms with Crippen molar-refractivity contribution in [3.63, 3.8) is 0 Å². The summed E-state index contributed by atoms with van der Waals surface area (Å²) < 4.78 is 18.1. The highest BCUT2D eigenvalue weighted by Crippen LogP contribution is 2.04. The Kier molecular flexibility index (Phi) is 5.51. The van der Waals surface area contributed by atoms with Crippen molar-refractivity contribution < 1.29 is 19.0 Å². The van der Waals surface area contributed by atoms with Crippen LogP contribution in [0.1, 0.15) is 16.8 Å². The molecular formula is C11H15FN2O3. The van der Waals surface area contributed by atoms with Crippen molar-refractivity contribution in [2.75, 3.05) is 20.3 Å². The van der Waals surface area contributed by atoms with Gasteiger partial charge in [0, 0.05) is 19.9 Å². The smallest absolute Gasteiger partial charge is 0.256 e. The molecule has 2 N–H and O–H groups in total. The standard InChI is InChI=1S/C11H15FN2O3/c1-17-7-8(4-6-15)14-11(16)9-3-2-5-13-10(9)12/h2-3,5,8,15H,4,6-7H2,1H3,(H,14,16). The molecule has 0 aromatic carbocycles. The van der Waals surface area contributed by atoms with Crippen molar-refractivity contribution in [1.29, 1.82) is 0 Å². The Hall–Kier alpha value is -1.53. The minimum Gasteiger partial charge on any atom is -0.396 e. The lowest BCUT2D eigenvalue weighted by atomic mass is 10.2. The number of nitrogens with zero attached hydrogens (tertiary/aromatic N) is 1. The molecule has 17 heavy (non-hydrogen) atoms. The van der Waals surface area contributed by atoms with E-state index in [0.29, 0.717) is 6.42 Å². The van der Waals surface area contributed by atoms with Gasteiger partial charge in [-0.1, -0.05) is 0 Å². The van der Waals surface area contributed by atoms with Crippen molar-refractivity contribution in [3.05, 3.63) is 29.8 Å². The monoisotopic (exact) mass is 242 g/mol. The van der Waals surface area contributed by atoms with E-state index in [9.17, 15) is 9.18 Å². The third-order valence-electron chi connectivity index (χ3n) is 2.18. The molecule has 1 heterocycles. The summed E-state index contributed by atoms with van der Waals surface area (Å²) in [6.07, 6.45) is 1.62. The Balaban J connectivity index is 2.67. The molecule has 1 amide bonds. The average molecular weight is 242 g/mol. The molecule has 0 spiro atoms. The molecule has 94 valence electrons. The van der Waals surface area contributed by atoms with Crippen molar-refractivity contribution in [3.8, 4) is 0 Å². The Bertz CT molecular complexity index is 367. The van der Waals surface area contributed by atoms with E-state index in [0.717, 1.165) is 0 Å². The van der Waals surface area contributed by atoms with Gasteiger partial charge >= 0.3 is 0 Å². The lowest BCUT2D eigenvalue weighted by Gasteiger charge is -2.16. The lowest BCUT2D eigenvalue weighted by molar-refractivity contribution is 0.0874. The number of aromatic nitrogens is 1. The fraction of sp³-hybridized carbons (Fsp3) is 0.455. The number of carbonyl (C=O) groups excluding carboxylic acids is 1. The number of ether oxygens (including phenoxy) is 1. The first-order valence-corrected chi connectivity index (χ1v) is 5.20. The van der Waals surface area contributed by atoms with E-state index in [2.05, 4.69) is 10.3 Å². The number of nitrogens with one attached hydrogen (secondary N) is 1. The first kappa shape index (κ1) is 13.5. The predicted octanol–water partition coefficient (Wildman–Crippen LogP) is 0.348. The zero-order valence-electron chi connectivity index (χ0n) is 9.52. The lowest BCUT2D eigenvalue weighted by Crippen LogP contribution is -2.39. The summed E-state index contributed by atoms with van der Waals surface area (Å²) in [5.41, 5.74) is -0.119. The van der Waals surface area contributed by atoms with Crippen molar-refractivity contribution in [2.24, 2.45) is 0 Å². The minimum absolute atomic E-state index is 0.0795. The van der Waals surface area contributed by atoms with Crippen LogP contribution in [0.5, 0.6) is 0 Å². The summed E-state index contributed by atoms with van der Waals surface area (Å²) >= 11 is 0. The molecule has 0 aliphatic heterocycles. The molecular weight excluding hydrogens is 227 g/mol. The number of aliphatic hydroxyl groups is 1. The number of hydrogen-bond donors (Lipinski definition) is 2. The molecule has 0 saturated heterocycles. The third-order valence-corrected chi connectivity index (χ3v) is 2.18. The minimum atomic E-state index is -0.815. The Morgan fingerprint density at radius 3 is 3.06 bits per heavy atom. The number of amides is 1. The van der Waals surface area contributed by atoms with Gasteiger partial charge in [0.1, 0.15) is 0 Å². The van der Waals surface area contributed by atoms with E-state index in [1.807, 2.05) is 0 Å². The number of carbonyl (C=O) groups is 1. The normalized spacial score (nSPS) is 12.2. The quantitative estimate of drug-likeness (QED) is 0.706. The maximum atomic E-state index is 13.2. The number of hydrogen-bond acceptors (Lipinski definition) is 4. The topological polar surface area (TPSA) is 71.5 Å². The van der Waals surface area contributed by atoms with Crippen LogP contribution in [0.15, 0.2) is 18.3 Å². The van der Waals surface area contributed by atoms with Crippen LogP contribution in [0.25, 0.3) is 0 Å². The van der Waals surface area contributed by atoms with Gasteiger partial charge in [-0.25, -0.2) is 4.98 Å². The molecule has 5 nitrogen and oxygen atoms in total. The zero-order valence-corrected chi connectivity index (χ0v) is 9.52. The summed E-state index contributed by atoms with van der Waals surface area (Å²) in [5.74, 6) is -1.38. The van der Waals surface area contributed by atoms with Crippen molar-refractivity contribution in [2.45, 2.75) is 12.5 Å². The van der Waals surface area contributed by atoms with Crippen molar-refractivity contribution >= 4 is 5.91 Å². The molecule has 1 rings (SSSR count). The van der Waals surface area contributed by atoms with E-state index in [1.165, 1.54) is 25.4 Å². The predicted molar refractivity (Wildman–Crippen MR) is 59.0 cm³/mol. The Labute approximate surface area is 98.6 Å². The number of pyridine rings is 1. The van der Waals surface area contributed by atoms with Gasteiger partial charge in [0.25, 0.3) is 5.91 Å². The van der Waals surface area contributed by atoms with Crippen LogP contribution in [0.4, 0.5) is 4.39 Å². The summed E-state index contributed by atoms with van der Waals surface area (Å²) in [6, 6.07) is 2.48. The summed E-state index contributed by atoms with van der Waals surface area (Å²) in [6.45, 7) is 0.179. The molecule has 0 aliphatic carbocycles. The van der Waals surface area contributed by atoms with Crippen LogP contribution in [-0.2, 0) is 4.74 Å². The van der Waals surface area contributed by atoms with Crippen LogP contribution >= 0.6 is 0 Å². The largest absolute Gasteiger partial charge is 0.396 e. The van der Waals surface area contributed by atoms with Crippen LogP contribution in [-0.4, -0.2) is 42.4 Å². The highest BCUT2D eigenvalue weighted by molar-refractivity contribution is 5.94. The van der Waals surface area contributed by atoms with Gasteiger partial charge in [-0.3, -0.25) is 4.79 Å². The van der Waals surface area contributed by atoms with Crippen molar-refractivity contribution in [1.82, 2.24) is 10.3 Å². The van der Waals surface area contributed by atoms with Crippen LogP contribution in [0, 0.1) is 5.95 Å². The second-order valence-corrected chi connectivity index (χ2v) is 3.48.